The van der Waals surface area contributed by atoms with Gasteiger partial charge in [0.15, 0.2) is 11.6 Å². The molecule has 102 valence electrons. The predicted molar refractivity (Wildman–Crippen MR) is 75.9 cm³/mol. The molecule has 20 heavy (non-hydrogen) atoms. The van der Waals surface area contributed by atoms with Crippen LogP contribution in [0.25, 0.3) is 22.4 Å². The quantitative estimate of drug-likeness (QED) is 0.770. The molecular weight excluding hydrogens is 257 g/mol. The lowest BCUT2D eigenvalue weighted by molar-refractivity contribution is 0.387. The zero-order valence-corrected chi connectivity index (χ0v) is 11.0. The van der Waals surface area contributed by atoms with E-state index in [0.29, 0.717) is 12.4 Å². The normalized spacial score (nSPS) is 10.9. The number of halogens is 1. The van der Waals surface area contributed by atoms with Crippen LogP contribution in [-0.2, 0) is 6.54 Å². The topological polar surface area (TPSA) is 63.9 Å². The van der Waals surface area contributed by atoms with Crippen LogP contribution in [0.15, 0.2) is 36.4 Å². The van der Waals surface area contributed by atoms with E-state index in [2.05, 4.69) is 9.97 Å². The van der Waals surface area contributed by atoms with Crippen LogP contribution in [-0.4, -0.2) is 17.1 Å². The van der Waals surface area contributed by atoms with Crippen LogP contribution in [0.2, 0.25) is 0 Å². The summed E-state index contributed by atoms with van der Waals surface area (Å²) in [5.74, 6) is 0.469. The van der Waals surface area contributed by atoms with E-state index < -0.39 is 5.82 Å². The number of H-pyrrole nitrogens is 1. The molecule has 0 radical (unpaired) electrons. The first-order valence-electron chi connectivity index (χ1n) is 6.24. The van der Waals surface area contributed by atoms with Crippen LogP contribution in [0.3, 0.4) is 0 Å². The maximum atomic E-state index is 13.4. The lowest BCUT2D eigenvalue weighted by atomic mass is 10.2. The largest absolute Gasteiger partial charge is 0.494 e. The third-order valence-corrected chi connectivity index (χ3v) is 3.24. The summed E-state index contributed by atoms with van der Waals surface area (Å²) in [5.41, 5.74) is 9.19. The summed E-state index contributed by atoms with van der Waals surface area (Å²) in [6, 6.07) is 10.5. The van der Waals surface area contributed by atoms with Gasteiger partial charge >= 0.3 is 0 Å². The average molecular weight is 271 g/mol. The van der Waals surface area contributed by atoms with Crippen molar-refractivity contribution in [3.8, 4) is 17.1 Å². The van der Waals surface area contributed by atoms with Crippen molar-refractivity contribution in [2.75, 3.05) is 7.11 Å². The first-order valence-corrected chi connectivity index (χ1v) is 6.24. The molecule has 3 N–H and O–H groups in total. The fourth-order valence-electron chi connectivity index (χ4n) is 2.20. The van der Waals surface area contributed by atoms with Gasteiger partial charge in [-0.1, -0.05) is 12.1 Å². The molecule has 1 aromatic heterocycles. The van der Waals surface area contributed by atoms with Gasteiger partial charge in [0, 0.05) is 12.1 Å². The van der Waals surface area contributed by atoms with Crippen molar-refractivity contribution >= 4 is 11.0 Å². The zero-order chi connectivity index (χ0) is 14.1. The Balaban J connectivity index is 2.15. The molecule has 2 aromatic carbocycles. The number of para-hydroxylation sites is 1. The second-order valence-electron chi connectivity index (χ2n) is 4.45. The van der Waals surface area contributed by atoms with Crippen LogP contribution in [0.5, 0.6) is 5.75 Å². The van der Waals surface area contributed by atoms with Crippen LogP contribution in [0.1, 0.15) is 5.56 Å². The minimum absolute atomic E-state index is 0.196. The third-order valence-electron chi connectivity index (χ3n) is 3.24. The Morgan fingerprint density at radius 2 is 2.15 bits per heavy atom. The highest BCUT2D eigenvalue weighted by molar-refractivity contribution is 5.82. The van der Waals surface area contributed by atoms with Crippen LogP contribution in [0.4, 0.5) is 4.39 Å². The number of hydrogen-bond acceptors (Lipinski definition) is 3. The first kappa shape index (κ1) is 12.6. The van der Waals surface area contributed by atoms with E-state index in [-0.39, 0.29) is 5.75 Å². The predicted octanol–water partition coefficient (Wildman–Crippen LogP) is 2.84. The van der Waals surface area contributed by atoms with Crippen molar-refractivity contribution in [2.45, 2.75) is 6.54 Å². The number of aromatic nitrogens is 2. The fourth-order valence-corrected chi connectivity index (χ4v) is 2.20. The Labute approximate surface area is 115 Å². The van der Waals surface area contributed by atoms with Gasteiger partial charge in [0.2, 0.25) is 0 Å². The van der Waals surface area contributed by atoms with Crippen LogP contribution >= 0.6 is 0 Å². The highest BCUT2D eigenvalue weighted by atomic mass is 19.1. The molecule has 3 aromatic rings. The summed E-state index contributed by atoms with van der Waals surface area (Å²) >= 11 is 0. The third kappa shape index (κ3) is 2.02. The molecule has 0 aliphatic carbocycles. The Bertz CT molecular complexity index is 767. The van der Waals surface area contributed by atoms with Gasteiger partial charge in [-0.3, -0.25) is 0 Å². The molecule has 0 fully saturated rings. The van der Waals surface area contributed by atoms with Gasteiger partial charge < -0.3 is 15.5 Å². The van der Waals surface area contributed by atoms with E-state index in [0.717, 1.165) is 22.2 Å². The van der Waals surface area contributed by atoms with Crippen molar-refractivity contribution in [3.05, 3.63) is 47.8 Å². The van der Waals surface area contributed by atoms with E-state index in [1.807, 2.05) is 18.2 Å². The van der Waals surface area contributed by atoms with E-state index in [1.165, 1.54) is 13.2 Å². The van der Waals surface area contributed by atoms with Gasteiger partial charge in [-0.25, -0.2) is 9.37 Å². The van der Waals surface area contributed by atoms with E-state index in [9.17, 15) is 4.39 Å². The van der Waals surface area contributed by atoms with Gasteiger partial charge in [-0.2, -0.15) is 0 Å². The lowest BCUT2D eigenvalue weighted by Gasteiger charge is -2.03. The number of aromatic amines is 1. The van der Waals surface area contributed by atoms with Crippen molar-refractivity contribution < 1.29 is 9.13 Å². The number of fused-ring (bicyclic) bond motifs is 1. The standard InChI is InChI=1S/C15H14FN3O/c1-20-13-7-9(5-6-11(13)16)15-18-12-4-2-3-10(8-17)14(12)19-15/h2-7H,8,17H2,1H3,(H,18,19). The van der Waals surface area contributed by atoms with E-state index >= 15 is 0 Å². The first-order chi connectivity index (χ1) is 9.72. The maximum Gasteiger partial charge on any atom is 0.165 e. The molecule has 0 bridgehead atoms. The fraction of sp³-hybridized carbons (Fsp3) is 0.133. The summed E-state index contributed by atoms with van der Waals surface area (Å²) in [4.78, 5) is 7.76. The van der Waals surface area contributed by atoms with Gasteiger partial charge in [0.1, 0.15) is 5.82 Å². The SMILES string of the molecule is COc1cc(-c2nc3c(CN)cccc3[nH]2)ccc1F. The lowest BCUT2D eigenvalue weighted by Crippen LogP contribution is -1.96. The van der Waals surface area contributed by atoms with E-state index in [4.69, 9.17) is 10.5 Å². The van der Waals surface area contributed by atoms with Crippen molar-refractivity contribution in [1.82, 2.24) is 9.97 Å². The number of methoxy groups -OCH3 is 1. The van der Waals surface area contributed by atoms with E-state index in [1.54, 1.807) is 12.1 Å². The number of imidazole rings is 1. The van der Waals surface area contributed by atoms with Crippen LogP contribution < -0.4 is 10.5 Å². The number of ether oxygens (including phenoxy) is 1. The summed E-state index contributed by atoms with van der Waals surface area (Å²) in [7, 11) is 1.44. The summed E-state index contributed by atoms with van der Waals surface area (Å²) in [6.45, 7) is 0.425. The Morgan fingerprint density at radius 1 is 1.30 bits per heavy atom. The molecule has 0 saturated heterocycles. The second kappa shape index (κ2) is 4.94. The molecule has 0 aliphatic heterocycles. The Morgan fingerprint density at radius 3 is 2.90 bits per heavy atom. The van der Waals surface area contributed by atoms with Gasteiger partial charge in [0.25, 0.3) is 0 Å². The molecule has 4 nitrogen and oxygen atoms in total. The number of nitrogens with zero attached hydrogens (tertiary/aromatic N) is 1. The molecule has 5 heteroatoms. The number of nitrogens with two attached hydrogens (primary N) is 1. The molecule has 3 rings (SSSR count). The molecule has 0 amide bonds. The Hall–Kier alpha value is -2.40. The molecule has 0 unspecified atom stereocenters. The average Bonchev–Trinajstić information content (AvgIpc) is 2.91. The number of hydrogen-bond donors (Lipinski definition) is 2. The summed E-state index contributed by atoms with van der Waals surface area (Å²) in [6.07, 6.45) is 0. The molecule has 1 heterocycles. The number of rotatable bonds is 3. The molecular formula is C15H14FN3O. The Kier molecular flexibility index (Phi) is 3.12. The minimum atomic E-state index is -0.394. The summed E-state index contributed by atoms with van der Waals surface area (Å²) in [5, 5.41) is 0. The summed E-state index contributed by atoms with van der Waals surface area (Å²) < 4.78 is 18.4. The molecule has 0 atom stereocenters. The van der Waals surface area contributed by atoms with Crippen LogP contribution in [0, 0.1) is 5.82 Å². The molecule has 0 aliphatic rings. The monoisotopic (exact) mass is 271 g/mol. The van der Waals surface area contributed by atoms with Crippen molar-refractivity contribution in [2.24, 2.45) is 5.73 Å². The highest BCUT2D eigenvalue weighted by Crippen LogP contribution is 2.27. The second-order valence-corrected chi connectivity index (χ2v) is 4.45. The maximum absolute atomic E-state index is 13.4. The molecule has 0 saturated carbocycles. The van der Waals surface area contributed by atoms with Crippen molar-refractivity contribution in [1.29, 1.82) is 0 Å². The minimum Gasteiger partial charge on any atom is -0.494 e. The zero-order valence-electron chi connectivity index (χ0n) is 11.0. The van der Waals surface area contributed by atoms with Crippen molar-refractivity contribution in [3.63, 3.8) is 0 Å². The molecule has 0 spiro atoms. The van der Waals surface area contributed by atoms with Gasteiger partial charge in [-0.15, -0.1) is 0 Å². The van der Waals surface area contributed by atoms with Gasteiger partial charge in [-0.05, 0) is 29.8 Å². The number of benzene rings is 2. The highest BCUT2D eigenvalue weighted by Gasteiger charge is 2.10. The smallest absolute Gasteiger partial charge is 0.165 e. The number of nitrogens with one attached hydrogen (secondary N) is 1. The van der Waals surface area contributed by atoms with Gasteiger partial charge in [0.05, 0.1) is 18.1 Å².